The Labute approximate surface area is 89.7 Å². The predicted molar refractivity (Wildman–Crippen MR) is 56.9 cm³/mol. The fraction of sp³-hybridized carbons (Fsp3) is 0.778. The Morgan fingerprint density at radius 3 is 1.60 bits per heavy atom. The van der Waals surface area contributed by atoms with Crippen LogP contribution in [0.3, 0.4) is 0 Å². The molecule has 0 saturated carbocycles. The molecule has 0 aliphatic carbocycles. The molecule has 0 heterocycles. The summed E-state index contributed by atoms with van der Waals surface area (Å²) in [6.45, 7) is 5.78. The third-order valence-corrected chi connectivity index (χ3v) is 1.68. The molecule has 2 atom stereocenters. The van der Waals surface area contributed by atoms with Gasteiger partial charge in [-0.15, -0.1) is 0 Å². The molecule has 0 saturated heterocycles. The van der Waals surface area contributed by atoms with Crippen molar-refractivity contribution >= 4 is 11.9 Å². The van der Waals surface area contributed by atoms with Gasteiger partial charge in [-0.05, 0) is 27.4 Å². The van der Waals surface area contributed by atoms with Crippen LogP contribution in [0.25, 0.3) is 0 Å². The number of carboxylic acids is 2. The minimum atomic E-state index is -0.817. The summed E-state index contributed by atoms with van der Waals surface area (Å²) in [7, 11) is 1.61. The monoisotopic (exact) mass is 220 g/mol. The lowest BCUT2D eigenvalue weighted by Gasteiger charge is -2.03. The molecule has 0 amide bonds. The highest BCUT2D eigenvalue weighted by Gasteiger charge is 2.06. The van der Waals surface area contributed by atoms with Crippen molar-refractivity contribution in [3.8, 4) is 0 Å². The minimum Gasteiger partial charge on any atom is -0.480 e. The van der Waals surface area contributed by atoms with Crippen molar-refractivity contribution in [2.75, 3.05) is 13.6 Å². The summed E-state index contributed by atoms with van der Waals surface area (Å²) in [5, 5.41) is 21.7. The standard InChI is InChI=1S/C5H11NO2.C4H9NO2/c1-3-6-4(2)5(7)8;1-3(5-2)4(6)7/h4,6H,3H2,1-2H3,(H,7,8);3,5H,1-2H3,(H,6,7). The normalized spacial score (nSPS) is 13.3. The molecule has 0 bridgehead atoms. The van der Waals surface area contributed by atoms with E-state index in [-0.39, 0.29) is 0 Å². The van der Waals surface area contributed by atoms with E-state index in [1.807, 2.05) is 6.92 Å². The SMILES string of the molecule is CCNC(C)C(=O)O.CNC(C)C(=O)O. The first-order valence-electron chi connectivity index (χ1n) is 4.73. The Hall–Kier alpha value is -1.14. The molecule has 90 valence electrons. The molecule has 0 rings (SSSR count). The predicted octanol–water partition coefficient (Wildman–Crippen LogP) is -0.252. The van der Waals surface area contributed by atoms with Crippen molar-refractivity contribution in [3.05, 3.63) is 0 Å². The van der Waals surface area contributed by atoms with Gasteiger partial charge in [-0.3, -0.25) is 9.59 Å². The highest BCUT2D eigenvalue weighted by molar-refractivity contribution is 5.73. The van der Waals surface area contributed by atoms with Crippen molar-refractivity contribution in [1.82, 2.24) is 10.6 Å². The van der Waals surface area contributed by atoms with Crippen molar-refractivity contribution in [3.63, 3.8) is 0 Å². The Balaban J connectivity index is 0. The van der Waals surface area contributed by atoms with E-state index in [0.717, 1.165) is 0 Å². The number of carbonyl (C=O) groups is 2. The van der Waals surface area contributed by atoms with Gasteiger partial charge >= 0.3 is 11.9 Å². The zero-order valence-corrected chi connectivity index (χ0v) is 9.57. The number of hydrogen-bond acceptors (Lipinski definition) is 4. The smallest absolute Gasteiger partial charge is 0.320 e. The summed E-state index contributed by atoms with van der Waals surface area (Å²) in [6.07, 6.45) is 0. The number of nitrogens with one attached hydrogen (secondary N) is 2. The second-order valence-corrected chi connectivity index (χ2v) is 2.97. The number of aliphatic carboxylic acids is 2. The lowest BCUT2D eigenvalue weighted by Crippen LogP contribution is -2.33. The number of carboxylic acid groups (broad SMARTS) is 2. The Morgan fingerprint density at radius 1 is 1.13 bits per heavy atom. The molecule has 0 aliphatic rings. The van der Waals surface area contributed by atoms with Crippen LogP contribution in [0, 0.1) is 0 Å². The molecule has 6 nitrogen and oxygen atoms in total. The van der Waals surface area contributed by atoms with Crippen LogP contribution in [-0.2, 0) is 9.59 Å². The quantitative estimate of drug-likeness (QED) is 0.510. The summed E-state index contributed by atoms with van der Waals surface area (Å²) in [6, 6.07) is -0.847. The summed E-state index contributed by atoms with van der Waals surface area (Å²) in [4.78, 5) is 19.9. The number of rotatable bonds is 5. The lowest BCUT2D eigenvalue weighted by molar-refractivity contribution is -0.139. The first kappa shape index (κ1) is 16.3. The highest BCUT2D eigenvalue weighted by atomic mass is 16.4. The van der Waals surface area contributed by atoms with E-state index < -0.39 is 24.0 Å². The zero-order chi connectivity index (χ0) is 12.4. The third kappa shape index (κ3) is 10.8. The van der Waals surface area contributed by atoms with E-state index in [1.165, 1.54) is 0 Å². The molecule has 4 N–H and O–H groups in total. The van der Waals surface area contributed by atoms with Crippen molar-refractivity contribution in [2.45, 2.75) is 32.9 Å². The van der Waals surface area contributed by atoms with E-state index in [4.69, 9.17) is 10.2 Å². The molecule has 0 aromatic heterocycles. The summed E-state index contributed by atoms with van der Waals surface area (Å²) >= 11 is 0. The lowest BCUT2D eigenvalue weighted by atomic mass is 10.3. The molecule has 6 heteroatoms. The van der Waals surface area contributed by atoms with E-state index >= 15 is 0 Å². The molecule has 15 heavy (non-hydrogen) atoms. The number of hydrogen-bond donors (Lipinski definition) is 4. The van der Waals surface area contributed by atoms with Crippen LogP contribution >= 0.6 is 0 Å². The largest absolute Gasteiger partial charge is 0.480 e. The average Bonchev–Trinajstić information content (AvgIpc) is 2.17. The molecule has 0 aromatic carbocycles. The van der Waals surface area contributed by atoms with E-state index in [9.17, 15) is 9.59 Å². The van der Waals surface area contributed by atoms with Gasteiger partial charge < -0.3 is 20.8 Å². The fourth-order valence-corrected chi connectivity index (χ4v) is 0.517. The molecule has 0 aromatic rings. The van der Waals surface area contributed by atoms with Gasteiger partial charge in [0.25, 0.3) is 0 Å². The van der Waals surface area contributed by atoms with Crippen LogP contribution < -0.4 is 10.6 Å². The highest BCUT2D eigenvalue weighted by Crippen LogP contribution is 1.77. The molecule has 0 fully saturated rings. The third-order valence-electron chi connectivity index (χ3n) is 1.68. The van der Waals surface area contributed by atoms with Gasteiger partial charge in [-0.1, -0.05) is 6.92 Å². The van der Waals surface area contributed by atoms with E-state index in [1.54, 1.807) is 20.9 Å². The number of likely N-dealkylation sites (N-methyl/N-ethyl adjacent to an activating group) is 2. The molecular weight excluding hydrogens is 200 g/mol. The maximum atomic E-state index is 10.0. The Bertz CT molecular complexity index is 197. The zero-order valence-electron chi connectivity index (χ0n) is 9.57. The second-order valence-electron chi connectivity index (χ2n) is 2.97. The van der Waals surface area contributed by atoms with Crippen LogP contribution in [0.15, 0.2) is 0 Å². The van der Waals surface area contributed by atoms with Gasteiger partial charge in [-0.25, -0.2) is 0 Å². The van der Waals surface area contributed by atoms with Crippen LogP contribution in [0.2, 0.25) is 0 Å². The Kier molecular flexibility index (Phi) is 10.2. The van der Waals surface area contributed by atoms with Crippen molar-refractivity contribution < 1.29 is 19.8 Å². The van der Waals surface area contributed by atoms with Gasteiger partial charge in [0.1, 0.15) is 12.1 Å². The van der Waals surface area contributed by atoms with Gasteiger partial charge in [0.05, 0.1) is 0 Å². The van der Waals surface area contributed by atoms with Crippen molar-refractivity contribution in [1.29, 1.82) is 0 Å². The van der Waals surface area contributed by atoms with Crippen LogP contribution in [-0.4, -0.2) is 47.8 Å². The first-order chi connectivity index (χ1) is 6.86. The van der Waals surface area contributed by atoms with E-state index in [0.29, 0.717) is 6.54 Å². The average molecular weight is 220 g/mol. The molecular formula is C9H20N2O4. The molecule has 0 aliphatic heterocycles. The van der Waals surface area contributed by atoms with Gasteiger partial charge in [0, 0.05) is 0 Å². The second kappa shape index (κ2) is 9.42. The van der Waals surface area contributed by atoms with Crippen LogP contribution in [0.5, 0.6) is 0 Å². The maximum absolute atomic E-state index is 10.0. The summed E-state index contributed by atoms with van der Waals surface area (Å²) in [5.41, 5.74) is 0. The maximum Gasteiger partial charge on any atom is 0.320 e. The van der Waals surface area contributed by atoms with Gasteiger partial charge in [-0.2, -0.15) is 0 Å². The fourth-order valence-electron chi connectivity index (χ4n) is 0.517. The molecule has 2 unspecified atom stereocenters. The molecule has 0 radical (unpaired) electrons. The van der Waals surface area contributed by atoms with Crippen molar-refractivity contribution in [2.24, 2.45) is 0 Å². The van der Waals surface area contributed by atoms with Gasteiger partial charge in [0.15, 0.2) is 0 Å². The minimum absolute atomic E-state index is 0.417. The molecule has 0 spiro atoms. The summed E-state index contributed by atoms with van der Waals surface area (Å²) < 4.78 is 0. The topological polar surface area (TPSA) is 98.7 Å². The first-order valence-corrected chi connectivity index (χ1v) is 4.73. The van der Waals surface area contributed by atoms with Crippen LogP contribution in [0.1, 0.15) is 20.8 Å². The Morgan fingerprint density at radius 2 is 1.53 bits per heavy atom. The van der Waals surface area contributed by atoms with Crippen LogP contribution in [0.4, 0.5) is 0 Å². The summed E-state index contributed by atoms with van der Waals surface area (Å²) in [5.74, 6) is -1.62. The van der Waals surface area contributed by atoms with Gasteiger partial charge in [0.2, 0.25) is 0 Å². The van der Waals surface area contributed by atoms with E-state index in [2.05, 4.69) is 10.6 Å².